The molecule has 1 N–H and O–H groups in total. The van der Waals surface area contributed by atoms with Crippen molar-refractivity contribution in [2.75, 3.05) is 0 Å². The van der Waals surface area contributed by atoms with Crippen molar-refractivity contribution in [1.29, 1.82) is 0 Å². The summed E-state index contributed by atoms with van der Waals surface area (Å²) < 4.78 is 1.66. The maximum absolute atomic E-state index is 12.0. The van der Waals surface area contributed by atoms with Crippen LogP contribution in [0.15, 0.2) is 47.7 Å². The van der Waals surface area contributed by atoms with Crippen molar-refractivity contribution in [3.05, 3.63) is 64.3 Å². The summed E-state index contributed by atoms with van der Waals surface area (Å²) in [6, 6.07) is 6.54. The molecule has 0 aliphatic heterocycles. The summed E-state index contributed by atoms with van der Waals surface area (Å²) in [6.07, 6.45) is 4.91. The number of nitrogens with zero attached hydrogens (tertiary/aromatic N) is 2. The molecular formula is C15H17N3O2. The van der Waals surface area contributed by atoms with E-state index in [-0.39, 0.29) is 23.9 Å². The van der Waals surface area contributed by atoms with Gasteiger partial charge in [0.1, 0.15) is 6.54 Å². The number of amides is 1. The van der Waals surface area contributed by atoms with Crippen molar-refractivity contribution in [3.8, 4) is 0 Å². The molecule has 20 heavy (non-hydrogen) atoms. The standard InChI is InChI=1S/C15H17N3O2/c1-11-4-3-7-16-15(11)12(2)17-14(20)10-18-8-5-13(19)6-9-18/h3-9,12H,10H2,1-2H3,(H,17,20)/t12-/m1/s1. The normalized spacial score (nSPS) is 11.9. The van der Waals surface area contributed by atoms with Crippen LogP contribution in [0.4, 0.5) is 0 Å². The average Bonchev–Trinajstić information content (AvgIpc) is 2.41. The zero-order valence-electron chi connectivity index (χ0n) is 11.5. The molecule has 0 unspecified atom stereocenters. The number of carbonyl (C=O) groups is 1. The van der Waals surface area contributed by atoms with E-state index in [1.165, 1.54) is 12.1 Å². The minimum Gasteiger partial charge on any atom is -0.346 e. The molecule has 0 fully saturated rings. The van der Waals surface area contributed by atoms with Crippen LogP contribution in [0.25, 0.3) is 0 Å². The molecule has 5 heteroatoms. The van der Waals surface area contributed by atoms with Gasteiger partial charge in [-0.3, -0.25) is 14.6 Å². The van der Waals surface area contributed by atoms with Gasteiger partial charge < -0.3 is 9.88 Å². The Labute approximate surface area is 117 Å². The van der Waals surface area contributed by atoms with E-state index in [2.05, 4.69) is 10.3 Å². The number of rotatable bonds is 4. The molecule has 0 radical (unpaired) electrons. The van der Waals surface area contributed by atoms with Crippen molar-refractivity contribution in [1.82, 2.24) is 14.9 Å². The molecule has 0 saturated carbocycles. The van der Waals surface area contributed by atoms with Gasteiger partial charge in [-0.25, -0.2) is 0 Å². The Hall–Kier alpha value is -2.43. The van der Waals surface area contributed by atoms with E-state index < -0.39 is 0 Å². The molecule has 1 atom stereocenters. The molecule has 5 nitrogen and oxygen atoms in total. The topological polar surface area (TPSA) is 64.0 Å². The fourth-order valence-electron chi connectivity index (χ4n) is 2.02. The summed E-state index contributed by atoms with van der Waals surface area (Å²) in [5.74, 6) is -0.119. The van der Waals surface area contributed by atoms with Crippen molar-refractivity contribution in [2.45, 2.75) is 26.4 Å². The van der Waals surface area contributed by atoms with Crippen molar-refractivity contribution in [3.63, 3.8) is 0 Å². The SMILES string of the molecule is Cc1cccnc1[C@@H](C)NC(=O)Cn1ccc(=O)cc1. The second-order valence-electron chi connectivity index (χ2n) is 4.70. The summed E-state index contributed by atoms with van der Waals surface area (Å²) in [7, 11) is 0. The Kier molecular flexibility index (Phi) is 4.30. The highest BCUT2D eigenvalue weighted by Gasteiger charge is 2.12. The minimum absolute atomic E-state index is 0.0702. The Morgan fingerprint density at radius 1 is 1.35 bits per heavy atom. The van der Waals surface area contributed by atoms with E-state index in [1.807, 2.05) is 26.0 Å². The zero-order valence-corrected chi connectivity index (χ0v) is 11.5. The highest BCUT2D eigenvalue weighted by Crippen LogP contribution is 2.13. The molecule has 0 aliphatic carbocycles. The molecule has 0 spiro atoms. The first-order chi connectivity index (χ1) is 9.56. The van der Waals surface area contributed by atoms with Gasteiger partial charge >= 0.3 is 0 Å². The fourth-order valence-corrected chi connectivity index (χ4v) is 2.02. The third-order valence-corrected chi connectivity index (χ3v) is 3.02. The first-order valence-electron chi connectivity index (χ1n) is 6.43. The van der Waals surface area contributed by atoms with Crippen LogP contribution in [0.5, 0.6) is 0 Å². The van der Waals surface area contributed by atoms with Crippen LogP contribution >= 0.6 is 0 Å². The molecule has 2 aromatic rings. The van der Waals surface area contributed by atoms with Crippen LogP contribution in [0.1, 0.15) is 24.2 Å². The Bertz CT molecular complexity index is 644. The number of hydrogen-bond acceptors (Lipinski definition) is 3. The number of pyridine rings is 2. The van der Waals surface area contributed by atoms with Crippen LogP contribution in [0.3, 0.4) is 0 Å². The summed E-state index contributed by atoms with van der Waals surface area (Å²) in [5.41, 5.74) is 1.84. The van der Waals surface area contributed by atoms with Gasteiger partial charge in [0, 0.05) is 30.7 Å². The maximum Gasteiger partial charge on any atom is 0.240 e. The molecule has 0 saturated heterocycles. The van der Waals surface area contributed by atoms with Crippen LogP contribution in [0, 0.1) is 6.92 Å². The quantitative estimate of drug-likeness (QED) is 0.915. The molecule has 0 bridgehead atoms. The Morgan fingerprint density at radius 2 is 2.05 bits per heavy atom. The van der Waals surface area contributed by atoms with E-state index in [0.29, 0.717) is 0 Å². The molecule has 0 aromatic carbocycles. The van der Waals surface area contributed by atoms with Crippen LogP contribution in [-0.2, 0) is 11.3 Å². The summed E-state index contributed by atoms with van der Waals surface area (Å²) in [5, 5.41) is 2.90. The maximum atomic E-state index is 12.0. The second-order valence-corrected chi connectivity index (χ2v) is 4.70. The van der Waals surface area contributed by atoms with Gasteiger partial charge in [0.15, 0.2) is 5.43 Å². The molecule has 0 aliphatic rings. The van der Waals surface area contributed by atoms with Gasteiger partial charge in [-0.2, -0.15) is 0 Å². The van der Waals surface area contributed by atoms with Crippen molar-refractivity contribution < 1.29 is 4.79 Å². The predicted molar refractivity (Wildman–Crippen MR) is 76.2 cm³/mol. The van der Waals surface area contributed by atoms with Crippen molar-refractivity contribution in [2.24, 2.45) is 0 Å². The Morgan fingerprint density at radius 3 is 2.70 bits per heavy atom. The van der Waals surface area contributed by atoms with E-state index in [4.69, 9.17) is 0 Å². The van der Waals surface area contributed by atoms with E-state index >= 15 is 0 Å². The predicted octanol–water partition coefficient (Wildman–Crippen LogP) is 1.43. The lowest BCUT2D eigenvalue weighted by Crippen LogP contribution is -2.31. The summed E-state index contributed by atoms with van der Waals surface area (Å²) in [6.45, 7) is 4.04. The molecule has 104 valence electrons. The molecule has 2 aromatic heterocycles. The number of hydrogen-bond donors (Lipinski definition) is 1. The summed E-state index contributed by atoms with van der Waals surface area (Å²) in [4.78, 5) is 27.2. The second kappa shape index (κ2) is 6.14. The number of aromatic nitrogens is 2. The lowest BCUT2D eigenvalue weighted by Gasteiger charge is -2.16. The lowest BCUT2D eigenvalue weighted by molar-refractivity contribution is -0.122. The highest BCUT2D eigenvalue weighted by molar-refractivity contribution is 5.76. The first-order valence-corrected chi connectivity index (χ1v) is 6.43. The van der Waals surface area contributed by atoms with Gasteiger partial charge in [-0.05, 0) is 25.5 Å². The first kappa shape index (κ1) is 14.0. The van der Waals surface area contributed by atoms with E-state index in [1.54, 1.807) is 23.2 Å². The number of aryl methyl sites for hydroxylation is 1. The lowest BCUT2D eigenvalue weighted by atomic mass is 10.1. The number of carbonyl (C=O) groups excluding carboxylic acids is 1. The largest absolute Gasteiger partial charge is 0.346 e. The fraction of sp³-hybridized carbons (Fsp3) is 0.267. The third-order valence-electron chi connectivity index (χ3n) is 3.02. The van der Waals surface area contributed by atoms with Gasteiger partial charge in [-0.15, -0.1) is 0 Å². The molecule has 1 amide bonds. The van der Waals surface area contributed by atoms with Gasteiger partial charge in [0.05, 0.1) is 11.7 Å². The average molecular weight is 271 g/mol. The minimum atomic E-state index is -0.150. The number of nitrogens with one attached hydrogen (secondary N) is 1. The van der Waals surface area contributed by atoms with Crippen LogP contribution in [0.2, 0.25) is 0 Å². The van der Waals surface area contributed by atoms with Gasteiger partial charge in [0.2, 0.25) is 5.91 Å². The highest BCUT2D eigenvalue weighted by atomic mass is 16.2. The van der Waals surface area contributed by atoms with Crippen molar-refractivity contribution >= 4 is 5.91 Å². The molecule has 2 rings (SSSR count). The monoisotopic (exact) mass is 271 g/mol. The van der Waals surface area contributed by atoms with Gasteiger partial charge in [-0.1, -0.05) is 6.07 Å². The molecule has 2 heterocycles. The third kappa shape index (κ3) is 3.54. The van der Waals surface area contributed by atoms with E-state index in [9.17, 15) is 9.59 Å². The smallest absolute Gasteiger partial charge is 0.240 e. The molecular weight excluding hydrogens is 254 g/mol. The van der Waals surface area contributed by atoms with E-state index in [0.717, 1.165) is 11.3 Å². The van der Waals surface area contributed by atoms with Crippen LogP contribution < -0.4 is 10.7 Å². The van der Waals surface area contributed by atoms with Gasteiger partial charge in [0.25, 0.3) is 0 Å². The Balaban J connectivity index is 1.99. The zero-order chi connectivity index (χ0) is 14.5. The summed E-state index contributed by atoms with van der Waals surface area (Å²) >= 11 is 0. The van der Waals surface area contributed by atoms with Crippen LogP contribution in [-0.4, -0.2) is 15.5 Å².